The van der Waals surface area contributed by atoms with Crippen molar-refractivity contribution in [1.29, 1.82) is 0 Å². The van der Waals surface area contributed by atoms with Crippen LogP contribution in [0.2, 0.25) is 0 Å². The van der Waals surface area contributed by atoms with Crippen molar-refractivity contribution in [2.45, 2.75) is 0 Å². The number of pyridine rings is 2. The predicted molar refractivity (Wildman–Crippen MR) is 95.8 cm³/mol. The zero-order valence-electron chi connectivity index (χ0n) is 13.4. The Morgan fingerprint density at radius 2 is 2.00 bits per heavy atom. The van der Waals surface area contributed by atoms with Crippen molar-refractivity contribution in [3.05, 3.63) is 58.9 Å². The minimum absolute atomic E-state index is 0.171. The number of nitrogens with zero attached hydrogens (tertiary/aromatic N) is 2. The van der Waals surface area contributed by atoms with E-state index in [0.29, 0.717) is 21.0 Å². The van der Waals surface area contributed by atoms with Gasteiger partial charge in [-0.2, -0.15) is 0 Å². The van der Waals surface area contributed by atoms with E-state index in [-0.39, 0.29) is 11.2 Å². The second-order valence-electron chi connectivity index (χ2n) is 5.35. The number of methoxy groups -OCH3 is 2. The largest absolute Gasteiger partial charge is 0.497 e. The van der Waals surface area contributed by atoms with Crippen molar-refractivity contribution >= 4 is 31.6 Å². The second-order valence-corrected chi connectivity index (χ2v) is 6.35. The van der Waals surface area contributed by atoms with Gasteiger partial charge in [-0.1, -0.05) is 0 Å². The summed E-state index contributed by atoms with van der Waals surface area (Å²) in [4.78, 5) is 17.9. The molecule has 7 heteroatoms. The first-order valence-corrected chi connectivity index (χ1v) is 8.26. The van der Waals surface area contributed by atoms with Crippen LogP contribution in [0.1, 0.15) is 0 Å². The van der Waals surface area contributed by atoms with Gasteiger partial charge in [0.15, 0.2) is 5.82 Å². The topological polar surface area (TPSA) is 53.4 Å². The van der Waals surface area contributed by atoms with Gasteiger partial charge in [-0.05, 0) is 24.3 Å². The molecule has 0 aliphatic rings. The summed E-state index contributed by atoms with van der Waals surface area (Å²) >= 11 is 1.27. The Morgan fingerprint density at radius 3 is 2.72 bits per heavy atom. The molecule has 0 radical (unpaired) electrons. The number of rotatable bonds is 3. The highest BCUT2D eigenvalue weighted by atomic mass is 32.1. The van der Waals surface area contributed by atoms with Crippen molar-refractivity contribution in [2.24, 2.45) is 0 Å². The first-order valence-electron chi connectivity index (χ1n) is 7.45. The Bertz CT molecular complexity index is 1170. The number of aromatic nitrogens is 2. The molecule has 1 aromatic carbocycles. The van der Waals surface area contributed by atoms with Gasteiger partial charge in [-0.25, -0.2) is 9.37 Å². The Labute approximate surface area is 145 Å². The van der Waals surface area contributed by atoms with E-state index in [2.05, 4.69) is 4.98 Å². The normalized spacial score (nSPS) is 11.2. The fourth-order valence-electron chi connectivity index (χ4n) is 2.83. The van der Waals surface area contributed by atoms with Gasteiger partial charge < -0.3 is 9.47 Å². The van der Waals surface area contributed by atoms with E-state index in [4.69, 9.17) is 9.47 Å². The van der Waals surface area contributed by atoms with Crippen LogP contribution in [-0.2, 0) is 0 Å². The van der Waals surface area contributed by atoms with Crippen molar-refractivity contribution in [2.75, 3.05) is 14.2 Å². The summed E-state index contributed by atoms with van der Waals surface area (Å²) in [6.07, 6.45) is 3.20. The van der Waals surface area contributed by atoms with Gasteiger partial charge in [0.25, 0.3) is 5.56 Å². The molecule has 0 saturated carbocycles. The Hall–Kier alpha value is -2.93. The number of hydrogen-bond donors (Lipinski definition) is 0. The fraction of sp³-hybridized carbons (Fsp3) is 0.111. The molecule has 0 atom stereocenters. The van der Waals surface area contributed by atoms with E-state index >= 15 is 0 Å². The molecule has 5 nitrogen and oxygen atoms in total. The predicted octanol–water partition coefficient (Wildman–Crippen LogP) is 3.76. The first-order chi connectivity index (χ1) is 12.1. The van der Waals surface area contributed by atoms with Crippen molar-refractivity contribution < 1.29 is 13.9 Å². The third-order valence-electron chi connectivity index (χ3n) is 4.03. The summed E-state index contributed by atoms with van der Waals surface area (Å²) in [7, 11) is 3.04. The lowest BCUT2D eigenvalue weighted by atomic mass is 10.2. The standard InChI is InChI=1S/C18H13FN2O3S/c1-23-10-3-4-13(12(19)9-10)21-8-6-11-15-14(24-2)5-7-20-17(15)25-16(11)18(21)22/h3-9H,1-2H3. The highest BCUT2D eigenvalue weighted by molar-refractivity contribution is 7.25. The molecule has 0 bridgehead atoms. The van der Waals surface area contributed by atoms with E-state index in [1.807, 2.05) is 0 Å². The minimum Gasteiger partial charge on any atom is -0.497 e. The van der Waals surface area contributed by atoms with Gasteiger partial charge in [0, 0.05) is 23.8 Å². The smallest absolute Gasteiger partial charge is 0.273 e. The summed E-state index contributed by atoms with van der Waals surface area (Å²) in [5, 5.41) is 1.55. The number of halogens is 1. The number of ether oxygens (including phenoxy) is 2. The Morgan fingerprint density at radius 1 is 1.16 bits per heavy atom. The molecule has 0 amide bonds. The molecule has 126 valence electrons. The quantitative estimate of drug-likeness (QED) is 0.561. The Kier molecular flexibility index (Phi) is 3.65. The molecule has 0 aliphatic carbocycles. The van der Waals surface area contributed by atoms with Gasteiger partial charge in [-0.15, -0.1) is 11.3 Å². The van der Waals surface area contributed by atoms with Crippen LogP contribution in [0.25, 0.3) is 26.0 Å². The van der Waals surface area contributed by atoms with E-state index in [9.17, 15) is 9.18 Å². The molecular formula is C18H13FN2O3S. The van der Waals surface area contributed by atoms with Gasteiger partial charge >= 0.3 is 0 Å². The number of thiophene rings is 1. The fourth-order valence-corrected chi connectivity index (χ4v) is 3.92. The van der Waals surface area contributed by atoms with Crippen LogP contribution in [-0.4, -0.2) is 23.8 Å². The molecule has 0 N–H and O–H groups in total. The average molecular weight is 356 g/mol. The maximum absolute atomic E-state index is 14.4. The average Bonchev–Trinajstić information content (AvgIpc) is 3.02. The molecule has 0 fully saturated rings. The van der Waals surface area contributed by atoms with E-state index < -0.39 is 5.82 Å². The summed E-state index contributed by atoms with van der Waals surface area (Å²) < 4.78 is 26.5. The van der Waals surface area contributed by atoms with E-state index in [1.165, 1.54) is 35.1 Å². The minimum atomic E-state index is -0.530. The second kappa shape index (κ2) is 5.86. The van der Waals surface area contributed by atoms with Crippen molar-refractivity contribution in [3.63, 3.8) is 0 Å². The first kappa shape index (κ1) is 15.6. The summed E-state index contributed by atoms with van der Waals surface area (Å²) in [5.41, 5.74) is -0.128. The molecule has 4 aromatic rings. The van der Waals surface area contributed by atoms with Crippen LogP contribution in [0.15, 0.2) is 47.5 Å². The van der Waals surface area contributed by atoms with Crippen LogP contribution >= 0.6 is 11.3 Å². The zero-order chi connectivity index (χ0) is 17.6. The molecule has 4 rings (SSSR count). The third kappa shape index (κ3) is 2.35. The zero-order valence-corrected chi connectivity index (χ0v) is 14.3. The summed E-state index contributed by atoms with van der Waals surface area (Å²) in [6, 6.07) is 7.92. The monoisotopic (exact) mass is 356 g/mol. The number of hydrogen-bond acceptors (Lipinski definition) is 5. The number of fused-ring (bicyclic) bond motifs is 3. The highest BCUT2D eigenvalue weighted by Gasteiger charge is 2.16. The molecule has 3 heterocycles. The van der Waals surface area contributed by atoms with Crippen LogP contribution < -0.4 is 15.0 Å². The van der Waals surface area contributed by atoms with Gasteiger partial charge in [-0.3, -0.25) is 9.36 Å². The van der Waals surface area contributed by atoms with Crippen molar-refractivity contribution in [1.82, 2.24) is 9.55 Å². The van der Waals surface area contributed by atoms with Gasteiger partial charge in [0.1, 0.15) is 21.0 Å². The lowest BCUT2D eigenvalue weighted by Gasteiger charge is -2.08. The molecule has 0 unspecified atom stereocenters. The van der Waals surface area contributed by atoms with E-state index in [0.717, 1.165) is 10.8 Å². The maximum atomic E-state index is 14.4. The van der Waals surface area contributed by atoms with E-state index in [1.54, 1.807) is 37.7 Å². The lowest BCUT2D eigenvalue weighted by molar-refractivity contribution is 0.411. The van der Waals surface area contributed by atoms with Crippen LogP contribution in [0.4, 0.5) is 4.39 Å². The number of benzene rings is 1. The third-order valence-corrected chi connectivity index (χ3v) is 5.13. The molecule has 3 aromatic heterocycles. The Balaban J connectivity index is 2.01. The highest BCUT2D eigenvalue weighted by Crippen LogP contribution is 2.36. The van der Waals surface area contributed by atoms with Crippen LogP contribution in [0.3, 0.4) is 0 Å². The van der Waals surface area contributed by atoms with Gasteiger partial charge in [0.2, 0.25) is 0 Å². The maximum Gasteiger partial charge on any atom is 0.273 e. The molecular weight excluding hydrogens is 343 g/mol. The van der Waals surface area contributed by atoms with Crippen LogP contribution in [0, 0.1) is 5.82 Å². The summed E-state index contributed by atoms with van der Waals surface area (Å²) in [5.74, 6) is 0.521. The molecule has 0 aliphatic heterocycles. The lowest BCUT2D eigenvalue weighted by Crippen LogP contribution is -2.17. The van der Waals surface area contributed by atoms with Gasteiger partial charge in [0.05, 0.1) is 25.3 Å². The van der Waals surface area contributed by atoms with Crippen molar-refractivity contribution in [3.8, 4) is 17.2 Å². The van der Waals surface area contributed by atoms with Crippen LogP contribution in [0.5, 0.6) is 11.5 Å². The molecule has 25 heavy (non-hydrogen) atoms. The summed E-state index contributed by atoms with van der Waals surface area (Å²) in [6.45, 7) is 0. The molecule has 0 spiro atoms. The SMILES string of the molecule is COc1ccc(-n2ccc3c(sc4nccc(OC)c43)c2=O)c(F)c1. The molecule has 0 saturated heterocycles.